The van der Waals surface area contributed by atoms with Crippen molar-refractivity contribution in [2.45, 2.75) is 45.1 Å². The van der Waals surface area contributed by atoms with E-state index in [9.17, 15) is 5.11 Å². The fourth-order valence-electron chi connectivity index (χ4n) is 2.81. The molecule has 0 saturated heterocycles. The van der Waals surface area contributed by atoms with Gasteiger partial charge in [0.25, 0.3) is 0 Å². The summed E-state index contributed by atoms with van der Waals surface area (Å²) in [5.41, 5.74) is 6.51. The third kappa shape index (κ3) is 4.22. The third-order valence-corrected chi connectivity index (χ3v) is 4.32. The van der Waals surface area contributed by atoms with Crippen LogP contribution in [-0.2, 0) is 0 Å². The molecule has 0 unspecified atom stereocenters. The van der Waals surface area contributed by atoms with Crippen LogP contribution in [0.25, 0.3) is 0 Å². The fraction of sp³-hybridized carbons (Fsp3) is 0.647. The van der Waals surface area contributed by atoms with Crippen molar-refractivity contribution in [3.05, 3.63) is 29.8 Å². The van der Waals surface area contributed by atoms with Gasteiger partial charge in [0.15, 0.2) is 0 Å². The van der Waals surface area contributed by atoms with Gasteiger partial charge < -0.3 is 15.6 Å². The highest BCUT2D eigenvalue weighted by molar-refractivity contribution is 5.30. The average Bonchev–Trinajstić information content (AvgIpc) is 2.52. The van der Waals surface area contributed by atoms with Crippen LogP contribution < -0.4 is 10.5 Å². The van der Waals surface area contributed by atoms with Crippen LogP contribution in [0.3, 0.4) is 0 Å². The van der Waals surface area contributed by atoms with E-state index >= 15 is 0 Å². The smallest absolute Gasteiger partial charge is 0.119 e. The van der Waals surface area contributed by atoms with Gasteiger partial charge in [-0.05, 0) is 48.9 Å². The van der Waals surface area contributed by atoms with Gasteiger partial charge in [0.1, 0.15) is 5.75 Å². The van der Waals surface area contributed by atoms with E-state index in [4.69, 9.17) is 10.5 Å². The van der Waals surface area contributed by atoms with Crippen LogP contribution in [0.1, 0.15) is 50.7 Å². The Bertz CT molecular complexity index is 402. The van der Waals surface area contributed by atoms with Gasteiger partial charge in [-0.2, -0.15) is 0 Å². The molecular weight excluding hydrogens is 250 g/mol. The number of aliphatic hydroxyl groups excluding tert-OH is 1. The molecule has 3 nitrogen and oxygen atoms in total. The third-order valence-electron chi connectivity index (χ3n) is 4.32. The highest BCUT2D eigenvalue weighted by atomic mass is 16.5. The first kappa shape index (κ1) is 15.3. The van der Waals surface area contributed by atoms with Crippen LogP contribution in [-0.4, -0.2) is 18.3 Å². The Hall–Kier alpha value is -1.06. The summed E-state index contributed by atoms with van der Waals surface area (Å²) >= 11 is 0. The lowest BCUT2D eigenvalue weighted by Crippen LogP contribution is -2.19. The van der Waals surface area contributed by atoms with Crippen molar-refractivity contribution >= 4 is 0 Å². The molecule has 3 heteroatoms. The Balaban J connectivity index is 1.91. The molecule has 1 saturated carbocycles. The minimum atomic E-state index is -0.516. The van der Waals surface area contributed by atoms with E-state index in [1.807, 2.05) is 31.2 Å². The molecule has 1 aliphatic carbocycles. The summed E-state index contributed by atoms with van der Waals surface area (Å²) in [6, 6.07) is 7.79. The monoisotopic (exact) mass is 277 g/mol. The van der Waals surface area contributed by atoms with Gasteiger partial charge in [0, 0.05) is 0 Å². The van der Waals surface area contributed by atoms with E-state index in [1.165, 1.54) is 32.1 Å². The van der Waals surface area contributed by atoms with Gasteiger partial charge in [-0.1, -0.05) is 38.3 Å². The van der Waals surface area contributed by atoms with Crippen molar-refractivity contribution in [3.63, 3.8) is 0 Å². The number of nitrogens with two attached hydrogens (primary N) is 1. The van der Waals surface area contributed by atoms with Crippen molar-refractivity contribution in [1.82, 2.24) is 0 Å². The Labute approximate surface area is 122 Å². The molecule has 3 N–H and O–H groups in total. The van der Waals surface area contributed by atoms with E-state index in [0.717, 1.165) is 17.9 Å². The second kappa shape index (κ2) is 7.65. The maximum atomic E-state index is 10.2. The van der Waals surface area contributed by atoms with Crippen LogP contribution in [0.4, 0.5) is 0 Å². The predicted molar refractivity (Wildman–Crippen MR) is 81.7 cm³/mol. The summed E-state index contributed by atoms with van der Waals surface area (Å²) in [4.78, 5) is 0. The number of rotatable bonds is 6. The number of aliphatic hydroxyl groups is 1. The van der Waals surface area contributed by atoms with Crippen molar-refractivity contribution in [2.24, 2.45) is 17.6 Å². The second-order valence-corrected chi connectivity index (χ2v) is 6.05. The molecule has 0 bridgehead atoms. The summed E-state index contributed by atoms with van der Waals surface area (Å²) in [6.07, 6.45) is 6.09. The lowest BCUT2D eigenvalue weighted by Gasteiger charge is -2.22. The summed E-state index contributed by atoms with van der Waals surface area (Å²) < 4.78 is 5.91. The van der Waals surface area contributed by atoms with Crippen LogP contribution in [0, 0.1) is 11.8 Å². The Kier molecular flexibility index (Phi) is 5.86. The van der Waals surface area contributed by atoms with E-state index < -0.39 is 6.10 Å². The Morgan fingerprint density at radius 2 is 2.05 bits per heavy atom. The van der Waals surface area contributed by atoms with Crippen LogP contribution >= 0.6 is 0 Å². The fourth-order valence-corrected chi connectivity index (χ4v) is 2.81. The van der Waals surface area contributed by atoms with Gasteiger partial charge in [-0.15, -0.1) is 0 Å². The topological polar surface area (TPSA) is 55.5 Å². The minimum absolute atomic E-state index is 0.0589. The molecule has 1 aliphatic rings. The number of hydrogen-bond donors (Lipinski definition) is 2. The standard InChI is InChI=1S/C17H27NO2/c1-13(11-18)17(19)15-8-5-9-16(10-15)20-12-14-6-3-2-4-7-14/h5,8-10,13-14,17,19H,2-4,6-7,11-12,18H2,1H3/t13-,17+/m0/s1. The van der Waals surface area contributed by atoms with Gasteiger partial charge in [-0.3, -0.25) is 0 Å². The molecule has 0 spiro atoms. The summed E-state index contributed by atoms with van der Waals surface area (Å²) in [5, 5.41) is 10.2. The highest BCUT2D eigenvalue weighted by Crippen LogP contribution is 2.27. The highest BCUT2D eigenvalue weighted by Gasteiger charge is 2.16. The quantitative estimate of drug-likeness (QED) is 0.839. The molecule has 0 amide bonds. The largest absolute Gasteiger partial charge is 0.493 e. The molecule has 1 aromatic carbocycles. The normalized spacial score (nSPS) is 19.6. The first-order chi connectivity index (χ1) is 9.70. The molecule has 0 aliphatic heterocycles. The van der Waals surface area contributed by atoms with Crippen LogP contribution in [0.15, 0.2) is 24.3 Å². The molecule has 2 atom stereocenters. The molecule has 1 aromatic rings. The maximum Gasteiger partial charge on any atom is 0.119 e. The Morgan fingerprint density at radius 1 is 1.30 bits per heavy atom. The zero-order chi connectivity index (χ0) is 14.4. The zero-order valence-electron chi connectivity index (χ0n) is 12.4. The van der Waals surface area contributed by atoms with Gasteiger partial charge in [0.2, 0.25) is 0 Å². The molecule has 0 aromatic heterocycles. The van der Waals surface area contributed by atoms with Crippen molar-refractivity contribution in [1.29, 1.82) is 0 Å². The number of benzene rings is 1. The second-order valence-electron chi connectivity index (χ2n) is 6.05. The lowest BCUT2D eigenvalue weighted by atomic mass is 9.90. The first-order valence-electron chi connectivity index (χ1n) is 7.81. The van der Waals surface area contributed by atoms with Gasteiger partial charge in [0.05, 0.1) is 12.7 Å². The predicted octanol–water partition coefficient (Wildman–Crippen LogP) is 3.27. The van der Waals surface area contributed by atoms with Crippen molar-refractivity contribution in [2.75, 3.05) is 13.2 Å². The van der Waals surface area contributed by atoms with Gasteiger partial charge in [-0.25, -0.2) is 0 Å². The van der Waals surface area contributed by atoms with Crippen molar-refractivity contribution < 1.29 is 9.84 Å². The van der Waals surface area contributed by atoms with E-state index in [1.54, 1.807) is 0 Å². The number of hydrogen-bond acceptors (Lipinski definition) is 3. The zero-order valence-corrected chi connectivity index (χ0v) is 12.4. The SMILES string of the molecule is C[C@@H](CN)[C@@H](O)c1cccc(OCC2CCCCC2)c1. The number of ether oxygens (including phenoxy) is 1. The summed E-state index contributed by atoms with van der Waals surface area (Å²) in [6.45, 7) is 3.24. The molecule has 2 rings (SSSR count). The lowest BCUT2D eigenvalue weighted by molar-refractivity contribution is 0.121. The van der Waals surface area contributed by atoms with Gasteiger partial charge >= 0.3 is 0 Å². The van der Waals surface area contributed by atoms with Crippen LogP contribution in [0.2, 0.25) is 0 Å². The molecular formula is C17H27NO2. The molecule has 0 heterocycles. The Morgan fingerprint density at radius 3 is 2.75 bits per heavy atom. The molecule has 0 radical (unpaired) electrons. The molecule has 112 valence electrons. The minimum Gasteiger partial charge on any atom is -0.493 e. The maximum absolute atomic E-state index is 10.2. The molecule has 20 heavy (non-hydrogen) atoms. The van der Waals surface area contributed by atoms with Crippen molar-refractivity contribution in [3.8, 4) is 5.75 Å². The van der Waals surface area contributed by atoms with Crippen LogP contribution in [0.5, 0.6) is 5.75 Å². The summed E-state index contributed by atoms with van der Waals surface area (Å²) in [5.74, 6) is 1.61. The van der Waals surface area contributed by atoms with E-state index in [2.05, 4.69) is 0 Å². The average molecular weight is 277 g/mol. The first-order valence-corrected chi connectivity index (χ1v) is 7.81. The van der Waals surface area contributed by atoms with E-state index in [0.29, 0.717) is 12.5 Å². The van der Waals surface area contributed by atoms with E-state index in [-0.39, 0.29) is 5.92 Å². The summed E-state index contributed by atoms with van der Waals surface area (Å²) in [7, 11) is 0. The molecule has 1 fully saturated rings.